The van der Waals surface area contributed by atoms with E-state index in [9.17, 15) is 4.79 Å². The van der Waals surface area contributed by atoms with E-state index in [-0.39, 0.29) is 5.91 Å². The Morgan fingerprint density at radius 3 is 2.58 bits per heavy atom. The summed E-state index contributed by atoms with van der Waals surface area (Å²) in [6.07, 6.45) is 1.31. The zero-order valence-electron chi connectivity index (χ0n) is 11.0. The average Bonchev–Trinajstić information content (AvgIpc) is 3.25. The van der Waals surface area contributed by atoms with Crippen molar-refractivity contribution in [1.29, 1.82) is 5.26 Å². The Balaban J connectivity index is 2.00. The molecule has 0 bridgehead atoms. The fourth-order valence-electron chi connectivity index (χ4n) is 1.86. The maximum absolute atomic E-state index is 11.8. The molecule has 1 N–H and O–H groups in total. The molecule has 5 nitrogen and oxygen atoms in total. The molecule has 0 spiro atoms. The van der Waals surface area contributed by atoms with Crippen molar-refractivity contribution in [2.75, 3.05) is 14.2 Å². The fourth-order valence-corrected chi connectivity index (χ4v) is 1.86. The van der Waals surface area contributed by atoms with Crippen LogP contribution in [0, 0.1) is 16.7 Å². The minimum atomic E-state index is -0.781. The Bertz CT molecular complexity index is 530. The Morgan fingerprint density at radius 2 is 2.05 bits per heavy atom. The normalized spacial score (nSPS) is 15.2. The van der Waals surface area contributed by atoms with Crippen LogP contribution in [0.15, 0.2) is 18.2 Å². The van der Waals surface area contributed by atoms with Crippen molar-refractivity contribution in [2.24, 2.45) is 5.41 Å². The molecule has 1 aromatic rings. The molecule has 0 heterocycles. The van der Waals surface area contributed by atoms with E-state index in [1.54, 1.807) is 20.3 Å². The molecule has 0 radical (unpaired) electrons. The summed E-state index contributed by atoms with van der Waals surface area (Å²) in [5.74, 6) is 1.08. The summed E-state index contributed by atoms with van der Waals surface area (Å²) in [7, 11) is 3.14. The number of nitriles is 1. The minimum Gasteiger partial charge on any atom is -0.493 e. The molecule has 100 valence electrons. The molecule has 2 rings (SSSR count). The molecule has 5 heteroatoms. The molecule has 0 saturated heterocycles. The third kappa shape index (κ3) is 2.63. The van der Waals surface area contributed by atoms with Crippen LogP contribution < -0.4 is 14.8 Å². The number of benzene rings is 1. The highest BCUT2D eigenvalue weighted by molar-refractivity contribution is 5.88. The Hall–Kier alpha value is -2.22. The number of ether oxygens (including phenoxy) is 2. The molecule has 1 aromatic carbocycles. The zero-order chi connectivity index (χ0) is 13.9. The summed E-state index contributed by atoms with van der Waals surface area (Å²) in [4.78, 5) is 11.8. The van der Waals surface area contributed by atoms with Gasteiger partial charge in [-0.3, -0.25) is 4.79 Å². The Morgan fingerprint density at radius 1 is 1.37 bits per heavy atom. The second-order valence-electron chi connectivity index (χ2n) is 4.57. The van der Waals surface area contributed by atoms with Gasteiger partial charge in [-0.1, -0.05) is 6.07 Å². The van der Waals surface area contributed by atoms with E-state index in [4.69, 9.17) is 14.7 Å². The lowest BCUT2D eigenvalue weighted by molar-refractivity contribution is -0.124. The number of hydrogen-bond acceptors (Lipinski definition) is 4. The van der Waals surface area contributed by atoms with Crippen LogP contribution in [0.3, 0.4) is 0 Å². The summed E-state index contributed by atoms with van der Waals surface area (Å²) in [5, 5.41) is 11.7. The van der Waals surface area contributed by atoms with Crippen LogP contribution in [0.25, 0.3) is 0 Å². The number of hydrogen-bond donors (Lipinski definition) is 1. The number of nitrogens with zero attached hydrogens (tertiary/aromatic N) is 1. The summed E-state index contributed by atoms with van der Waals surface area (Å²) in [6.45, 7) is 0.378. The predicted molar refractivity (Wildman–Crippen MR) is 68.7 cm³/mol. The largest absolute Gasteiger partial charge is 0.493 e. The van der Waals surface area contributed by atoms with Crippen molar-refractivity contribution in [3.05, 3.63) is 23.8 Å². The van der Waals surface area contributed by atoms with Gasteiger partial charge in [0.15, 0.2) is 11.5 Å². The van der Waals surface area contributed by atoms with Crippen LogP contribution in [-0.2, 0) is 11.3 Å². The van der Waals surface area contributed by atoms with Gasteiger partial charge in [0, 0.05) is 6.54 Å². The van der Waals surface area contributed by atoms with E-state index in [1.807, 2.05) is 12.1 Å². The van der Waals surface area contributed by atoms with Gasteiger partial charge in [0.25, 0.3) is 0 Å². The summed E-state index contributed by atoms with van der Waals surface area (Å²) >= 11 is 0. The van der Waals surface area contributed by atoms with Crippen molar-refractivity contribution in [1.82, 2.24) is 5.32 Å². The quantitative estimate of drug-likeness (QED) is 0.873. The lowest BCUT2D eigenvalue weighted by Gasteiger charge is -2.11. The lowest BCUT2D eigenvalue weighted by Crippen LogP contribution is -2.30. The highest BCUT2D eigenvalue weighted by atomic mass is 16.5. The second kappa shape index (κ2) is 5.19. The molecule has 1 amide bonds. The summed E-state index contributed by atoms with van der Waals surface area (Å²) < 4.78 is 10.3. The van der Waals surface area contributed by atoms with E-state index in [0.29, 0.717) is 30.9 Å². The van der Waals surface area contributed by atoms with Crippen LogP contribution >= 0.6 is 0 Å². The van der Waals surface area contributed by atoms with Gasteiger partial charge in [-0.25, -0.2) is 0 Å². The van der Waals surface area contributed by atoms with E-state index < -0.39 is 5.41 Å². The Labute approximate surface area is 112 Å². The smallest absolute Gasteiger partial charge is 0.240 e. The molecule has 1 saturated carbocycles. The molecule has 1 aliphatic carbocycles. The SMILES string of the molecule is COc1ccc(CNC(=O)C2(C#N)CC2)cc1OC. The molecule has 0 aliphatic heterocycles. The van der Waals surface area contributed by atoms with Crippen LogP contribution in [-0.4, -0.2) is 20.1 Å². The molecular weight excluding hydrogens is 244 g/mol. The topological polar surface area (TPSA) is 71.3 Å². The molecule has 0 atom stereocenters. The van der Waals surface area contributed by atoms with Crippen LogP contribution in [0.4, 0.5) is 0 Å². The number of nitrogens with one attached hydrogen (secondary N) is 1. The van der Waals surface area contributed by atoms with Crippen molar-refractivity contribution < 1.29 is 14.3 Å². The highest BCUT2D eigenvalue weighted by Crippen LogP contribution is 2.45. The van der Waals surface area contributed by atoms with Gasteiger partial charge in [-0.2, -0.15) is 5.26 Å². The van der Waals surface area contributed by atoms with Crippen molar-refractivity contribution in [3.63, 3.8) is 0 Å². The second-order valence-corrected chi connectivity index (χ2v) is 4.57. The van der Waals surface area contributed by atoms with Gasteiger partial charge >= 0.3 is 0 Å². The fraction of sp³-hybridized carbons (Fsp3) is 0.429. The molecule has 0 unspecified atom stereocenters. The number of rotatable bonds is 5. The lowest BCUT2D eigenvalue weighted by atomic mass is 10.1. The van der Waals surface area contributed by atoms with Gasteiger partial charge in [0.2, 0.25) is 5.91 Å². The number of carbonyl (C=O) groups is 1. The van der Waals surface area contributed by atoms with E-state index in [0.717, 1.165) is 5.56 Å². The number of amides is 1. The van der Waals surface area contributed by atoms with Crippen molar-refractivity contribution in [2.45, 2.75) is 19.4 Å². The minimum absolute atomic E-state index is 0.190. The first-order valence-corrected chi connectivity index (χ1v) is 6.05. The molecule has 1 fully saturated rings. The molecule has 19 heavy (non-hydrogen) atoms. The van der Waals surface area contributed by atoms with Gasteiger partial charge in [0.05, 0.1) is 20.3 Å². The Kier molecular flexibility index (Phi) is 3.61. The van der Waals surface area contributed by atoms with Crippen LogP contribution in [0.1, 0.15) is 18.4 Å². The first kappa shape index (κ1) is 13.2. The number of carbonyl (C=O) groups excluding carboxylic acids is 1. The maximum atomic E-state index is 11.8. The van der Waals surface area contributed by atoms with E-state index in [2.05, 4.69) is 11.4 Å². The average molecular weight is 260 g/mol. The van der Waals surface area contributed by atoms with Crippen molar-refractivity contribution >= 4 is 5.91 Å². The maximum Gasteiger partial charge on any atom is 0.240 e. The standard InChI is InChI=1S/C14H16N2O3/c1-18-11-4-3-10(7-12(11)19-2)8-16-13(17)14(9-15)5-6-14/h3-4,7H,5-6,8H2,1-2H3,(H,16,17). The van der Waals surface area contributed by atoms with Gasteiger partial charge < -0.3 is 14.8 Å². The number of methoxy groups -OCH3 is 2. The first-order valence-electron chi connectivity index (χ1n) is 6.05. The molecular formula is C14H16N2O3. The van der Waals surface area contributed by atoms with Gasteiger partial charge in [0.1, 0.15) is 5.41 Å². The molecule has 0 aromatic heterocycles. The summed E-state index contributed by atoms with van der Waals surface area (Å²) in [5.41, 5.74) is 0.121. The zero-order valence-corrected chi connectivity index (χ0v) is 11.0. The summed E-state index contributed by atoms with van der Waals surface area (Å²) in [6, 6.07) is 7.53. The highest BCUT2D eigenvalue weighted by Gasteiger charge is 2.50. The van der Waals surface area contributed by atoms with Gasteiger partial charge in [-0.15, -0.1) is 0 Å². The van der Waals surface area contributed by atoms with Gasteiger partial charge in [-0.05, 0) is 30.5 Å². The molecule has 1 aliphatic rings. The van der Waals surface area contributed by atoms with Crippen molar-refractivity contribution in [3.8, 4) is 17.6 Å². The van der Waals surface area contributed by atoms with E-state index >= 15 is 0 Å². The monoisotopic (exact) mass is 260 g/mol. The van der Waals surface area contributed by atoms with Crippen LogP contribution in [0.5, 0.6) is 11.5 Å². The van der Waals surface area contributed by atoms with Crippen LogP contribution in [0.2, 0.25) is 0 Å². The van der Waals surface area contributed by atoms with E-state index in [1.165, 1.54) is 0 Å². The predicted octanol–water partition coefficient (Wildman–Crippen LogP) is 1.62. The third-order valence-corrected chi connectivity index (χ3v) is 3.30. The third-order valence-electron chi connectivity index (χ3n) is 3.30. The first-order chi connectivity index (χ1) is 9.15.